The molecule has 4 rings (SSSR count). The minimum Gasteiger partial charge on any atom is -0.489 e. The normalized spacial score (nSPS) is 14.1. The van der Waals surface area contributed by atoms with E-state index in [2.05, 4.69) is 31.7 Å². The Kier molecular flexibility index (Phi) is 6.67. The summed E-state index contributed by atoms with van der Waals surface area (Å²) in [5.74, 6) is 1.06. The van der Waals surface area contributed by atoms with Crippen LogP contribution in [0.3, 0.4) is 0 Å². The van der Waals surface area contributed by atoms with Gasteiger partial charge in [-0.15, -0.1) is 0 Å². The number of aromatic nitrogens is 3. The second-order valence-electron chi connectivity index (χ2n) is 7.21. The molecule has 3 heterocycles. The first kappa shape index (κ1) is 20.7. The van der Waals surface area contributed by atoms with Crippen molar-refractivity contribution in [2.24, 2.45) is 0 Å². The highest BCUT2D eigenvalue weighted by atomic mass is 16.5. The van der Waals surface area contributed by atoms with E-state index in [4.69, 9.17) is 9.47 Å². The summed E-state index contributed by atoms with van der Waals surface area (Å²) in [7, 11) is 1.88. The maximum atomic E-state index is 9.62. The first-order valence-electron chi connectivity index (χ1n) is 10.2. The Morgan fingerprint density at radius 2 is 2.03 bits per heavy atom. The molecule has 0 radical (unpaired) electrons. The summed E-state index contributed by atoms with van der Waals surface area (Å²) in [5.41, 5.74) is 3.78. The van der Waals surface area contributed by atoms with E-state index in [9.17, 15) is 5.26 Å². The van der Waals surface area contributed by atoms with Crippen LogP contribution < -0.4 is 15.4 Å². The van der Waals surface area contributed by atoms with Crippen LogP contribution >= 0.6 is 0 Å². The molecule has 1 saturated heterocycles. The molecule has 1 aromatic carbocycles. The van der Waals surface area contributed by atoms with Crippen LogP contribution in [-0.4, -0.2) is 41.3 Å². The van der Waals surface area contributed by atoms with Crippen molar-refractivity contribution in [2.75, 3.05) is 25.6 Å². The highest BCUT2D eigenvalue weighted by molar-refractivity contribution is 5.65. The molecule has 0 atom stereocenters. The molecule has 31 heavy (non-hydrogen) atoms. The van der Waals surface area contributed by atoms with Crippen LogP contribution in [-0.2, 0) is 11.3 Å². The lowest BCUT2D eigenvalue weighted by atomic mass is 10.1. The van der Waals surface area contributed by atoms with Crippen LogP contribution in [0.1, 0.15) is 24.1 Å². The number of nitriles is 1. The molecular formula is C23H24N6O2. The summed E-state index contributed by atoms with van der Waals surface area (Å²) in [6.45, 7) is 2.09. The van der Waals surface area contributed by atoms with Gasteiger partial charge in [0.1, 0.15) is 17.9 Å². The molecule has 1 aliphatic heterocycles. The summed E-state index contributed by atoms with van der Waals surface area (Å²) >= 11 is 0. The van der Waals surface area contributed by atoms with Gasteiger partial charge in [-0.1, -0.05) is 0 Å². The van der Waals surface area contributed by atoms with Crippen molar-refractivity contribution < 1.29 is 9.47 Å². The van der Waals surface area contributed by atoms with Crippen molar-refractivity contribution in [1.29, 1.82) is 5.26 Å². The summed E-state index contributed by atoms with van der Waals surface area (Å²) < 4.78 is 11.4. The van der Waals surface area contributed by atoms with Gasteiger partial charge in [-0.05, 0) is 43.4 Å². The van der Waals surface area contributed by atoms with E-state index in [1.165, 1.54) is 0 Å². The first-order valence-corrected chi connectivity index (χ1v) is 10.2. The lowest BCUT2D eigenvalue weighted by Crippen LogP contribution is -2.26. The molecule has 0 aliphatic carbocycles. The second kappa shape index (κ2) is 9.98. The average Bonchev–Trinajstić information content (AvgIpc) is 2.82. The SMILES string of the molecule is CNCc1ccc(Nc2nccc(-c3ccc(OC4CCOCC4)c(C#N)c3)n2)cn1. The van der Waals surface area contributed by atoms with Gasteiger partial charge in [0.2, 0.25) is 5.95 Å². The smallest absolute Gasteiger partial charge is 0.227 e. The van der Waals surface area contributed by atoms with Crippen molar-refractivity contribution in [3.63, 3.8) is 0 Å². The Morgan fingerprint density at radius 3 is 2.77 bits per heavy atom. The molecule has 158 valence electrons. The molecule has 2 N–H and O–H groups in total. The standard InChI is InChI=1S/C23H24N6O2/c1-25-14-18-3-4-19(15-27-18)28-23-26-9-6-21(29-23)16-2-5-22(17(12-16)13-24)31-20-7-10-30-11-8-20/h2-6,9,12,15,20,25H,7-8,10-11,14H2,1H3,(H,26,28,29). The molecule has 8 nitrogen and oxygen atoms in total. The summed E-state index contributed by atoms with van der Waals surface area (Å²) in [4.78, 5) is 13.3. The number of nitrogens with zero attached hydrogens (tertiary/aromatic N) is 4. The Hall–Kier alpha value is -3.54. The van der Waals surface area contributed by atoms with E-state index in [1.807, 2.05) is 37.4 Å². The van der Waals surface area contributed by atoms with E-state index >= 15 is 0 Å². The van der Waals surface area contributed by atoms with Crippen molar-refractivity contribution in [3.05, 3.63) is 60.0 Å². The topological polar surface area (TPSA) is 105 Å². The van der Waals surface area contributed by atoms with Crippen molar-refractivity contribution in [1.82, 2.24) is 20.3 Å². The zero-order valence-corrected chi connectivity index (χ0v) is 17.3. The second-order valence-corrected chi connectivity index (χ2v) is 7.21. The van der Waals surface area contributed by atoms with E-state index < -0.39 is 0 Å². The van der Waals surface area contributed by atoms with Gasteiger partial charge >= 0.3 is 0 Å². The van der Waals surface area contributed by atoms with Gasteiger partial charge in [0, 0.05) is 31.1 Å². The van der Waals surface area contributed by atoms with Crippen molar-refractivity contribution >= 4 is 11.6 Å². The van der Waals surface area contributed by atoms with Gasteiger partial charge in [0.25, 0.3) is 0 Å². The van der Waals surface area contributed by atoms with Crippen LogP contribution in [0.15, 0.2) is 48.8 Å². The third-order valence-corrected chi connectivity index (χ3v) is 4.95. The van der Waals surface area contributed by atoms with E-state index in [0.29, 0.717) is 42.7 Å². The number of hydrogen-bond acceptors (Lipinski definition) is 8. The quantitative estimate of drug-likeness (QED) is 0.604. The average molecular weight is 416 g/mol. The maximum Gasteiger partial charge on any atom is 0.227 e. The van der Waals surface area contributed by atoms with E-state index in [0.717, 1.165) is 29.8 Å². The lowest BCUT2D eigenvalue weighted by molar-refractivity contribution is 0.0254. The van der Waals surface area contributed by atoms with Crippen LogP contribution in [0.25, 0.3) is 11.3 Å². The largest absolute Gasteiger partial charge is 0.489 e. The molecule has 0 amide bonds. The molecule has 3 aromatic rings. The fraction of sp³-hybridized carbons (Fsp3) is 0.304. The number of pyridine rings is 1. The molecule has 8 heteroatoms. The lowest BCUT2D eigenvalue weighted by Gasteiger charge is -2.23. The number of nitrogens with one attached hydrogen (secondary N) is 2. The Morgan fingerprint density at radius 1 is 1.16 bits per heavy atom. The maximum absolute atomic E-state index is 9.62. The van der Waals surface area contributed by atoms with Gasteiger partial charge in [-0.2, -0.15) is 5.26 Å². The third kappa shape index (κ3) is 5.34. The summed E-state index contributed by atoms with van der Waals surface area (Å²) in [6.07, 6.45) is 5.18. The fourth-order valence-electron chi connectivity index (χ4n) is 3.35. The highest BCUT2D eigenvalue weighted by Crippen LogP contribution is 2.28. The number of ether oxygens (including phenoxy) is 2. The summed E-state index contributed by atoms with van der Waals surface area (Å²) in [6, 6.07) is 13.5. The molecule has 0 unspecified atom stereocenters. The Labute approximate surface area is 181 Å². The number of benzene rings is 1. The van der Waals surface area contributed by atoms with E-state index in [-0.39, 0.29) is 6.10 Å². The number of hydrogen-bond donors (Lipinski definition) is 2. The van der Waals surface area contributed by atoms with Crippen LogP contribution in [0.5, 0.6) is 5.75 Å². The van der Waals surface area contributed by atoms with Crippen LogP contribution in [0.2, 0.25) is 0 Å². The molecule has 0 saturated carbocycles. The van der Waals surface area contributed by atoms with Gasteiger partial charge in [0.15, 0.2) is 0 Å². The first-order chi connectivity index (χ1) is 15.2. The molecule has 0 bridgehead atoms. The van der Waals surface area contributed by atoms with Gasteiger partial charge in [-0.25, -0.2) is 9.97 Å². The minimum atomic E-state index is 0.0784. The molecule has 1 aliphatic rings. The zero-order valence-electron chi connectivity index (χ0n) is 17.3. The fourth-order valence-corrected chi connectivity index (χ4v) is 3.35. The van der Waals surface area contributed by atoms with Gasteiger partial charge < -0.3 is 20.1 Å². The molecular weight excluding hydrogens is 392 g/mol. The molecule has 2 aromatic heterocycles. The van der Waals surface area contributed by atoms with Gasteiger partial charge in [-0.3, -0.25) is 4.98 Å². The highest BCUT2D eigenvalue weighted by Gasteiger charge is 2.17. The zero-order chi connectivity index (χ0) is 21.5. The summed E-state index contributed by atoms with van der Waals surface area (Å²) in [5, 5.41) is 15.9. The predicted octanol–water partition coefficient (Wildman–Crippen LogP) is 3.43. The number of anilines is 2. The third-order valence-electron chi connectivity index (χ3n) is 4.95. The van der Waals surface area contributed by atoms with E-state index in [1.54, 1.807) is 18.5 Å². The Balaban J connectivity index is 1.50. The minimum absolute atomic E-state index is 0.0784. The van der Waals surface area contributed by atoms with Crippen LogP contribution in [0, 0.1) is 11.3 Å². The molecule has 1 fully saturated rings. The van der Waals surface area contributed by atoms with Gasteiger partial charge in [0.05, 0.1) is 42.0 Å². The number of rotatable bonds is 7. The predicted molar refractivity (Wildman–Crippen MR) is 117 cm³/mol. The van der Waals surface area contributed by atoms with Crippen molar-refractivity contribution in [3.8, 4) is 23.1 Å². The molecule has 0 spiro atoms. The Bertz CT molecular complexity index is 1060. The monoisotopic (exact) mass is 416 g/mol. The van der Waals surface area contributed by atoms with Crippen LogP contribution in [0.4, 0.5) is 11.6 Å². The van der Waals surface area contributed by atoms with Crippen molar-refractivity contribution in [2.45, 2.75) is 25.5 Å².